The normalized spacial score (nSPS) is 16.1. The number of morpholine rings is 1. The summed E-state index contributed by atoms with van der Waals surface area (Å²) in [6.45, 7) is 7.25. The summed E-state index contributed by atoms with van der Waals surface area (Å²) in [4.78, 5) is 27.2. The number of anilines is 1. The third kappa shape index (κ3) is 5.32. The van der Waals surface area contributed by atoms with E-state index in [1.54, 1.807) is 4.90 Å². The predicted octanol–water partition coefficient (Wildman–Crippen LogP) is 0.122. The van der Waals surface area contributed by atoms with Crippen molar-refractivity contribution in [3.63, 3.8) is 0 Å². The third-order valence-corrected chi connectivity index (χ3v) is 4.14. The van der Waals surface area contributed by atoms with Gasteiger partial charge in [0.1, 0.15) is 0 Å². The first kappa shape index (κ1) is 18.4. The standard InChI is InChI=1S/C18H27N3O3/c1-14(2)15-6-4-5-7-16(15)19-17(22)12-20(3)13-18(23)21-8-10-24-11-9-21/h4-7,14H,8-13H2,1-3H3,(H,19,22)/p+1. The molecule has 1 heterocycles. The van der Waals surface area contributed by atoms with Gasteiger partial charge in [-0.15, -0.1) is 0 Å². The SMILES string of the molecule is CC(C)c1ccccc1NC(=O)C[NH+](C)CC(=O)N1CCOCC1. The van der Waals surface area contributed by atoms with E-state index in [4.69, 9.17) is 4.74 Å². The topological polar surface area (TPSA) is 63.1 Å². The first-order chi connectivity index (χ1) is 11.5. The number of hydrogen-bond donors (Lipinski definition) is 2. The van der Waals surface area contributed by atoms with Gasteiger partial charge in [-0.2, -0.15) is 0 Å². The lowest BCUT2D eigenvalue weighted by molar-refractivity contribution is -0.862. The second-order valence-electron chi connectivity index (χ2n) is 6.59. The van der Waals surface area contributed by atoms with Crippen molar-refractivity contribution in [1.82, 2.24) is 4.90 Å². The molecule has 0 spiro atoms. The Balaban J connectivity index is 1.84. The van der Waals surface area contributed by atoms with Crippen LogP contribution in [0.5, 0.6) is 0 Å². The van der Waals surface area contributed by atoms with Gasteiger partial charge in [-0.25, -0.2) is 0 Å². The zero-order chi connectivity index (χ0) is 17.5. The van der Waals surface area contributed by atoms with Crippen LogP contribution >= 0.6 is 0 Å². The van der Waals surface area contributed by atoms with Crippen LogP contribution in [-0.2, 0) is 14.3 Å². The van der Waals surface area contributed by atoms with Gasteiger partial charge in [0.05, 0.1) is 20.3 Å². The van der Waals surface area contributed by atoms with Gasteiger partial charge in [0, 0.05) is 18.8 Å². The zero-order valence-corrected chi connectivity index (χ0v) is 14.8. The van der Waals surface area contributed by atoms with Crippen LogP contribution in [-0.4, -0.2) is 63.2 Å². The lowest BCUT2D eigenvalue weighted by atomic mass is 10.0. The van der Waals surface area contributed by atoms with Crippen molar-refractivity contribution in [3.05, 3.63) is 29.8 Å². The minimum Gasteiger partial charge on any atom is -0.378 e. The van der Waals surface area contributed by atoms with Crippen molar-refractivity contribution in [3.8, 4) is 0 Å². The van der Waals surface area contributed by atoms with Crippen LogP contribution in [0.4, 0.5) is 5.69 Å². The van der Waals surface area contributed by atoms with E-state index in [0.717, 1.165) is 16.2 Å². The molecule has 1 aromatic carbocycles. The maximum absolute atomic E-state index is 12.3. The molecule has 0 aliphatic carbocycles. The molecular formula is C18H28N3O3+. The summed E-state index contributed by atoms with van der Waals surface area (Å²) in [5.41, 5.74) is 1.97. The summed E-state index contributed by atoms with van der Waals surface area (Å²) < 4.78 is 5.25. The number of nitrogens with zero attached hydrogens (tertiary/aromatic N) is 1. The van der Waals surface area contributed by atoms with Crippen LogP contribution in [0.2, 0.25) is 0 Å². The van der Waals surface area contributed by atoms with Crippen molar-refractivity contribution in [1.29, 1.82) is 0 Å². The van der Waals surface area contributed by atoms with Crippen molar-refractivity contribution in [2.24, 2.45) is 0 Å². The van der Waals surface area contributed by atoms with Crippen LogP contribution in [0.15, 0.2) is 24.3 Å². The molecule has 132 valence electrons. The van der Waals surface area contributed by atoms with Gasteiger partial charge in [0.2, 0.25) is 0 Å². The Morgan fingerprint density at radius 1 is 1.21 bits per heavy atom. The molecule has 1 unspecified atom stereocenters. The van der Waals surface area contributed by atoms with E-state index in [2.05, 4.69) is 19.2 Å². The Bertz CT molecular complexity index is 568. The van der Waals surface area contributed by atoms with E-state index in [1.165, 1.54) is 0 Å². The van der Waals surface area contributed by atoms with Crippen LogP contribution in [0, 0.1) is 0 Å². The number of nitrogens with one attached hydrogen (secondary N) is 2. The first-order valence-electron chi connectivity index (χ1n) is 8.53. The number of quaternary nitrogens is 1. The number of ether oxygens (including phenoxy) is 1. The van der Waals surface area contributed by atoms with Crippen LogP contribution in [0.25, 0.3) is 0 Å². The van der Waals surface area contributed by atoms with E-state index >= 15 is 0 Å². The Morgan fingerprint density at radius 3 is 2.54 bits per heavy atom. The number of hydrogen-bond acceptors (Lipinski definition) is 3. The van der Waals surface area contributed by atoms with Crippen molar-refractivity contribution in [2.45, 2.75) is 19.8 Å². The highest BCUT2D eigenvalue weighted by Gasteiger charge is 2.21. The lowest BCUT2D eigenvalue weighted by Gasteiger charge is -2.27. The number of carbonyl (C=O) groups excluding carboxylic acids is 2. The van der Waals surface area contributed by atoms with Gasteiger partial charge < -0.3 is 19.9 Å². The predicted molar refractivity (Wildman–Crippen MR) is 93.2 cm³/mol. The fourth-order valence-electron chi connectivity index (χ4n) is 2.83. The molecule has 1 fully saturated rings. The molecule has 0 saturated carbocycles. The van der Waals surface area contributed by atoms with Gasteiger partial charge in [0.15, 0.2) is 13.1 Å². The minimum atomic E-state index is -0.0737. The largest absolute Gasteiger partial charge is 0.378 e. The Labute approximate surface area is 143 Å². The smallest absolute Gasteiger partial charge is 0.279 e. The average Bonchev–Trinajstić information content (AvgIpc) is 2.55. The summed E-state index contributed by atoms with van der Waals surface area (Å²) in [6.07, 6.45) is 0. The number of amides is 2. The highest BCUT2D eigenvalue weighted by atomic mass is 16.5. The third-order valence-electron chi connectivity index (χ3n) is 4.14. The number of likely N-dealkylation sites (N-methyl/N-ethyl adjacent to an activating group) is 1. The van der Waals surface area contributed by atoms with Crippen LogP contribution in [0.3, 0.4) is 0 Å². The summed E-state index contributed by atoms with van der Waals surface area (Å²) in [6, 6.07) is 7.84. The van der Waals surface area contributed by atoms with Crippen molar-refractivity contribution in [2.75, 3.05) is 51.8 Å². The summed E-state index contributed by atoms with van der Waals surface area (Å²) in [7, 11) is 1.87. The molecule has 1 saturated heterocycles. The molecule has 2 amide bonds. The van der Waals surface area contributed by atoms with Gasteiger partial charge in [0.25, 0.3) is 11.8 Å². The maximum Gasteiger partial charge on any atom is 0.279 e. The van der Waals surface area contributed by atoms with E-state index < -0.39 is 0 Å². The van der Waals surface area contributed by atoms with Crippen molar-refractivity contribution < 1.29 is 19.2 Å². The number of carbonyl (C=O) groups is 2. The molecule has 2 rings (SSSR count). The number of para-hydroxylation sites is 1. The number of benzene rings is 1. The molecule has 1 aliphatic heterocycles. The molecule has 0 bridgehead atoms. The Morgan fingerprint density at radius 2 is 1.88 bits per heavy atom. The lowest BCUT2D eigenvalue weighted by Crippen LogP contribution is -3.11. The van der Waals surface area contributed by atoms with Crippen LogP contribution in [0.1, 0.15) is 25.3 Å². The number of rotatable bonds is 6. The molecule has 6 heteroatoms. The Kier molecular flexibility index (Phi) is 6.75. The minimum absolute atomic E-state index is 0.0737. The quantitative estimate of drug-likeness (QED) is 0.777. The molecule has 6 nitrogen and oxygen atoms in total. The van der Waals surface area contributed by atoms with E-state index in [1.807, 2.05) is 31.3 Å². The average molecular weight is 334 g/mol. The fraction of sp³-hybridized carbons (Fsp3) is 0.556. The van der Waals surface area contributed by atoms with Gasteiger partial charge >= 0.3 is 0 Å². The summed E-state index contributed by atoms with van der Waals surface area (Å²) in [5.74, 6) is 0.344. The summed E-state index contributed by atoms with van der Waals surface area (Å²) >= 11 is 0. The maximum atomic E-state index is 12.3. The van der Waals surface area contributed by atoms with Gasteiger partial charge in [-0.05, 0) is 17.5 Å². The van der Waals surface area contributed by atoms with Gasteiger partial charge in [-0.1, -0.05) is 32.0 Å². The monoisotopic (exact) mass is 334 g/mol. The van der Waals surface area contributed by atoms with E-state index in [-0.39, 0.29) is 18.4 Å². The molecule has 24 heavy (non-hydrogen) atoms. The second-order valence-corrected chi connectivity index (χ2v) is 6.59. The van der Waals surface area contributed by atoms with Crippen LogP contribution < -0.4 is 10.2 Å². The second kappa shape index (κ2) is 8.80. The Hall–Kier alpha value is -1.92. The molecular weight excluding hydrogens is 306 g/mol. The molecule has 0 radical (unpaired) electrons. The van der Waals surface area contributed by atoms with Gasteiger partial charge in [-0.3, -0.25) is 9.59 Å². The van der Waals surface area contributed by atoms with E-state index in [0.29, 0.717) is 38.8 Å². The highest BCUT2D eigenvalue weighted by molar-refractivity contribution is 5.92. The first-order valence-corrected chi connectivity index (χ1v) is 8.53. The molecule has 1 aromatic rings. The summed E-state index contributed by atoms with van der Waals surface area (Å²) in [5, 5.41) is 2.97. The molecule has 0 aromatic heterocycles. The highest BCUT2D eigenvalue weighted by Crippen LogP contribution is 2.23. The molecule has 2 N–H and O–H groups in total. The zero-order valence-electron chi connectivity index (χ0n) is 14.8. The fourth-order valence-corrected chi connectivity index (χ4v) is 2.83. The molecule has 1 atom stereocenters. The van der Waals surface area contributed by atoms with Crippen molar-refractivity contribution >= 4 is 17.5 Å². The van der Waals surface area contributed by atoms with E-state index in [9.17, 15) is 9.59 Å². The molecule has 1 aliphatic rings.